The number of benzene rings is 2. The van der Waals surface area contributed by atoms with Gasteiger partial charge in [0.15, 0.2) is 0 Å². The molecule has 2 aromatic rings. The molecule has 0 saturated carbocycles. The molecule has 6 N–H and O–H groups in total. The van der Waals surface area contributed by atoms with Crippen LogP contribution in [0.25, 0.3) is 0 Å². The van der Waals surface area contributed by atoms with Gasteiger partial charge in [-0.3, -0.25) is 19.8 Å². The highest BCUT2D eigenvalue weighted by Crippen LogP contribution is 2.33. The predicted octanol–water partition coefficient (Wildman–Crippen LogP) is 1.91. The van der Waals surface area contributed by atoms with Gasteiger partial charge in [-0.05, 0) is 30.2 Å². The molecule has 190 valence electrons. The number of nitrogen functional groups attached to an aromatic ring is 1. The lowest BCUT2D eigenvalue weighted by Crippen LogP contribution is -2.39. The van der Waals surface area contributed by atoms with Gasteiger partial charge < -0.3 is 30.7 Å². The highest BCUT2D eigenvalue weighted by molar-refractivity contribution is 9.10. The molecule has 36 heavy (non-hydrogen) atoms. The molecule has 1 heterocycles. The Labute approximate surface area is 214 Å². The van der Waals surface area contributed by atoms with Gasteiger partial charge >= 0.3 is 11.9 Å². The van der Waals surface area contributed by atoms with E-state index in [0.717, 1.165) is 5.56 Å². The Balaban J connectivity index is 1.82. The maximum Gasteiger partial charge on any atom is 0.372 e. The summed E-state index contributed by atoms with van der Waals surface area (Å²) < 4.78 is 12.1. The number of carbonyl (C=O) groups excluding carboxylic acids is 2. The summed E-state index contributed by atoms with van der Waals surface area (Å²) in [6, 6.07) is 7.00. The normalized spacial score (nSPS) is 12.7. The van der Waals surface area contributed by atoms with Crippen LogP contribution in [0.2, 0.25) is 0 Å². The van der Waals surface area contributed by atoms with E-state index >= 15 is 0 Å². The molecular weight excluding hydrogens is 538 g/mol. The number of carboxylic acid groups (broad SMARTS) is 2. The number of hydrogen-bond donors (Lipinski definition) is 5. The molecule has 0 aliphatic carbocycles. The zero-order valence-electron chi connectivity index (χ0n) is 19.0. The number of nitrogens with two attached hydrogens (primary N) is 1. The Morgan fingerprint density at radius 1 is 1.19 bits per heavy atom. The number of ketones is 1. The molecule has 1 amide bonds. The molecule has 1 aliphatic rings. The average Bonchev–Trinajstić information content (AvgIpc) is 3.28. The van der Waals surface area contributed by atoms with Crippen molar-refractivity contribution in [2.24, 2.45) is 5.73 Å². The number of ether oxygens (including phenoxy) is 2. The second-order valence-electron chi connectivity index (χ2n) is 8.10. The first-order valence-corrected chi connectivity index (χ1v) is 11.7. The first-order valence-electron chi connectivity index (χ1n) is 10.9. The highest BCUT2D eigenvalue weighted by Gasteiger charge is 2.25. The minimum Gasteiger partial charge on any atom is -0.492 e. The van der Waals surface area contributed by atoms with E-state index in [1.54, 1.807) is 6.07 Å². The minimum atomic E-state index is -1.60. The average molecular weight is 562 g/mol. The Kier molecular flexibility index (Phi) is 8.64. The van der Waals surface area contributed by atoms with E-state index in [2.05, 4.69) is 21.2 Å². The summed E-state index contributed by atoms with van der Waals surface area (Å²) in [5.74, 6) is -3.91. The lowest BCUT2D eigenvalue weighted by molar-refractivity contribution is -0.148. The fourth-order valence-corrected chi connectivity index (χ4v) is 4.14. The molecule has 0 saturated heterocycles. The number of halogens is 1. The molecule has 0 spiro atoms. The largest absolute Gasteiger partial charge is 0.492 e. The van der Waals surface area contributed by atoms with Crippen molar-refractivity contribution in [1.29, 1.82) is 5.41 Å². The molecule has 0 bridgehead atoms. The van der Waals surface area contributed by atoms with Crippen LogP contribution in [0, 0.1) is 5.41 Å². The van der Waals surface area contributed by atoms with Crippen LogP contribution >= 0.6 is 15.9 Å². The number of amides is 1. The summed E-state index contributed by atoms with van der Waals surface area (Å²) in [7, 11) is 0. The van der Waals surface area contributed by atoms with E-state index in [4.69, 9.17) is 30.8 Å². The Morgan fingerprint density at radius 3 is 2.61 bits per heavy atom. The number of carbonyl (C=O) groups is 4. The van der Waals surface area contributed by atoms with Crippen molar-refractivity contribution in [3.8, 4) is 11.5 Å². The van der Waals surface area contributed by atoms with E-state index in [0.29, 0.717) is 28.8 Å². The molecule has 0 radical (unpaired) electrons. The quantitative estimate of drug-likeness (QED) is 0.146. The molecule has 1 unspecified atom stereocenters. The van der Waals surface area contributed by atoms with Gasteiger partial charge in [-0.25, -0.2) is 4.79 Å². The number of carboxylic acids is 2. The van der Waals surface area contributed by atoms with Crippen molar-refractivity contribution in [2.75, 3.05) is 13.2 Å². The van der Waals surface area contributed by atoms with Gasteiger partial charge in [-0.15, -0.1) is 0 Å². The van der Waals surface area contributed by atoms with Gasteiger partial charge in [0.25, 0.3) is 5.91 Å². The van der Waals surface area contributed by atoms with Crippen molar-refractivity contribution in [3.05, 3.63) is 57.1 Å². The third-order valence-electron chi connectivity index (χ3n) is 5.44. The lowest BCUT2D eigenvalue weighted by Gasteiger charge is -2.21. The van der Waals surface area contributed by atoms with Crippen molar-refractivity contribution in [3.63, 3.8) is 0 Å². The minimum absolute atomic E-state index is 0.0356. The number of amidine groups is 1. The summed E-state index contributed by atoms with van der Waals surface area (Å²) in [6.07, 6.45) is -0.0192. The van der Waals surface area contributed by atoms with Gasteiger partial charge in [0.1, 0.15) is 23.9 Å². The molecule has 12 heteroatoms. The van der Waals surface area contributed by atoms with Crippen LogP contribution in [-0.2, 0) is 27.2 Å². The van der Waals surface area contributed by atoms with Crippen molar-refractivity contribution < 1.29 is 38.9 Å². The van der Waals surface area contributed by atoms with Crippen molar-refractivity contribution in [1.82, 2.24) is 5.32 Å². The highest BCUT2D eigenvalue weighted by atomic mass is 79.9. The number of Topliss-reactive ketones (excluding diaryl/α,β-unsaturated/α-hetero) is 1. The smallest absolute Gasteiger partial charge is 0.372 e. The molecular formula is C24H24BrN3O8. The van der Waals surface area contributed by atoms with Crippen LogP contribution in [0.15, 0.2) is 34.8 Å². The first kappa shape index (κ1) is 26.7. The topological polar surface area (TPSA) is 189 Å². The maximum atomic E-state index is 13.1. The number of aliphatic carboxylic acids is 2. The van der Waals surface area contributed by atoms with E-state index in [-0.39, 0.29) is 42.2 Å². The van der Waals surface area contributed by atoms with E-state index in [1.807, 2.05) is 6.07 Å². The van der Waals surface area contributed by atoms with Crippen molar-refractivity contribution in [2.45, 2.75) is 31.7 Å². The SMILES string of the molecule is N=C(N)c1ccc(CC(=O)C(=O)O)c(OCC(CCC(=O)O)NC(=O)c2cc(Br)cc3c2OCC3)c1. The lowest BCUT2D eigenvalue weighted by atomic mass is 10.0. The van der Waals surface area contributed by atoms with Gasteiger partial charge in [0.05, 0.1) is 18.2 Å². The molecule has 3 rings (SSSR count). The fraction of sp³-hybridized carbons (Fsp3) is 0.292. The van der Waals surface area contributed by atoms with Crippen LogP contribution in [0.4, 0.5) is 0 Å². The van der Waals surface area contributed by atoms with Crippen LogP contribution in [-0.4, -0.2) is 58.9 Å². The van der Waals surface area contributed by atoms with E-state index < -0.39 is 36.1 Å². The Bertz CT molecular complexity index is 1230. The Morgan fingerprint density at radius 2 is 1.94 bits per heavy atom. The number of fused-ring (bicyclic) bond motifs is 1. The standard InChI is InChI=1S/C24H24BrN3O8/c25-15-7-13-5-6-35-21(13)17(10-15)23(32)28-16(3-4-20(30)31)11-36-19-9-14(22(26)27)2-1-12(19)8-18(29)24(33)34/h1-2,7,9-10,16H,3-6,8,11H2,(H3,26,27)(H,28,32)(H,30,31)(H,33,34). The molecule has 1 atom stereocenters. The zero-order valence-corrected chi connectivity index (χ0v) is 20.6. The van der Waals surface area contributed by atoms with Gasteiger partial charge in [0, 0.05) is 34.9 Å². The van der Waals surface area contributed by atoms with Gasteiger partial charge in [0.2, 0.25) is 5.78 Å². The van der Waals surface area contributed by atoms with E-state index in [9.17, 15) is 19.2 Å². The second-order valence-corrected chi connectivity index (χ2v) is 9.01. The van der Waals surface area contributed by atoms with Crippen LogP contribution < -0.4 is 20.5 Å². The van der Waals surface area contributed by atoms with Crippen LogP contribution in [0.1, 0.15) is 39.9 Å². The summed E-state index contributed by atoms with van der Waals surface area (Å²) in [5.41, 5.74) is 7.23. The monoisotopic (exact) mass is 561 g/mol. The zero-order chi connectivity index (χ0) is 26.4. The summed E-state index contributed by atoms with van der Waals surface area (Å²) in [4.78, 5) is 47.0. The third-order valence-corrected chi connectivity index (χ3v) is 5.90. The molecule has 11 nitrogen and oxygen atoms in total. The van der Waals surface area contributed by atoms with E-state index in [1.165, 1.54) is 18.2 Å². The molecule has 0 fully saturated rings. The first-order chi connectivity index (χ1) is 17.0. The molecule has 2 aromatic carbocycles. The van der Waals surface area contributed by atoms with Gasteiger partial charge in [-0.1, -0.05) is 28.1 Å². The number of nitrogens with one attached hydrogen (secondary N) is 2. The summed E-state index contributed by atoms with van der Waals surface area (Å²) in [6.45, 7) is 0.258. The Hall–Kier alpha value is -3.93. The fourth-order valence-electron chi connectivity index (χ4n) is 3.64. The maximum absolute atomic E-state index is 13.1. The van der Waals surface area contributed by atoms with Crippen LogP contribution in [0.5, 0.6) is 11.5 Å². The molecule has 0 aromatic heterocycles. The number of rotatable bonds is 12. The predicted molar refractivity (Wildman–Crippen MR) is 131 cm³/mol. The third kappa shape index (κ3) is 6.81. The van der Waals surface area contributed by atoms with Gasteiger partial charge in [-0.2, -0.15) is 0 Å². The second kappa shape index (κ2) is 11.7. The van der Waals surface area contributed by atoms with Crippen LogP contribution in [0.3, 0.4) is 0 Å². The number of hydrogen-bond acceptors (Lipinski definition) is 7. The molecule has 1 aliphatic heterocycles. The summed E-state index contributed by atoms with van der Waals surface area (Å²) in [5, 5.41) is 28.5. The summed E-state index contributed by atoms with van der Waals surface area (Å²) >= 11 is 3.38. The van der Waals surface area contributed by atoms with Crippen molar-refractivity contribution >= 4 is 45.4 Å².